The van der Waals surface area contributed by atoms with E-state index < -0.39 is 10.0 Å². The van der Waals surface area contributed by atoms with Crippen LogP contribution < -0.4 is 10.0 Å². The number of urea groups is 1. The van der Waals surface area contributed by atoms with Crippen LogP contribution in [-0.2, 0) is 28.9 Å². The van der Waals surface area contributed by atoms with Crippen molar-refractivity contribution in [1.29, 1.82) is 0 Å². The molecule has 0 spiro atoms. The molecule has 7 heteroatoms. The summed E-state index contributed by atoms with van der Waals surface area (Å²) in [5, 5.41) is 2.87. The molecule has 2 rings (SSSR count). The lowest BCUT2D eigenvalue weighted by atomic mass is 10.1. The van der Waals surface area contributed by atoms with E-state index in [1.54, 1.807) is 24.1 Å². The van der Waals surface area contributed by atoms with E-state index in [0.29, 0.717) is 18.7 Å². The maximum absolute atomic E-state index is 12.3. The molecule has 2 amide bonds. The van der Waals surface area contributed by atoms with Crippen molar-refractivity contribution in [2.75, 3.05) is 14.1 Å². The summed E-state index contributed by atoms with van der Waals surface area (Å²) in [5.74, 6) is -0.0602. The number of hydrogen-bond donors (Lipinski definition) is 2. The van der Waals surface area contributed by atoms with Gasteiger partial charge in [0.15, 0.2) is 0 Å². The molecule has 0 aliphatic rings. The number of carbonyl (C=O) groups is 1. The molecule has 0 heterocycles. The van der Waals surface area contributed by atoms with Crippen molar-refractivity contribution in [3.8, 4) is 0 Å². The Bertz CT molecular complexity index is 849. The minimum atomic E-state index is -3.28. The molecule has 0 fully saturated rings. The van der Waals surface area contributed by atoms with Gasteiger partial charge in [-0.3, -0.25) is 0 Å². The third-order valence-corrected chi connectivity index (χ3v) is 5.49. The Labute approximate surface area is 155 Å². The zero-order valence-electron chi connectivity index (χ0n) is 15.3. The summed E-state index contributed by atoms with van der Waals surface area (Å²) in [6.45, 7) is 2.95. The van der Waals surface area contributed by atoms with E-state index in [4.69, 9.17) is 0 Å². The molecule has 0 radical (unpaired) electrons. The summed E-state index contributed by atoms with van der Waals surface area (Å²) in [6.07, 6.45) is 0. The number of amides is 2. The number of sulfonamides is 1. The van der Waals surface area contributed by atoms with Crippen LogP contribution in [0.25, 0.3) is 0 Å². The zero-order valence-corrected chi connectivity index (χ0v) is 16.1. The molecule has 0 unspecified atom stereocenters. The van der Waals surface area contributed by atoms with Gasteiger partial charge in [0.1, 0.15) is 0 Å². The monoisotopic (exact) mass is 375 g/mol. The van der Waals surface area contributed by atoms with E-state index in [9.17, 15) is 13.2 Å². The second-order valence-corrected chi connectivity index (χ2v) is 8.15. The normalized spacial score (nSPS) is 11.2. The molecule has 0 aliphatic carbocycles. The van der Waals surface area contributed by atoms with Gasteiger partial charge in [0.2, 0.25) is 10.0 Å². The second-order valence-electron chi connectivity index (χ2n) is 6.22. The van der Waals surface area contributed by atoms with Crippen molar-refractivity contribution >= 4 is 16.1 Å². The van der Waals surface area contributed by atoms with Crippen molar-refractivity contribution in [1.82, 2.24) is 14.9 Å². The average molecular weight is 375 g/mol. The Hall–Kier alpha value is -2.38. The third kappa shape index (κ3) is 5.86. The van der Waals surface area contributed by atoms with Gasteiger partial charge in [-0.2, -0.15) is 0 Å². The molecule has 6 nitrogen and oxygen atoms in total. The molecule has 0 saturated carbocycles. The van der Waals surface area contributed by atoms with Crippen molar-refractivity contribution in [3.63, 3.8) is 0 Å². The molecule has 0 saturated heterocycles. The lowest BCUT2D eigenvalue weighted by Crippen LogP contribution is -2.36. The first-order valence-corrected chi connectivity index (χ1v) is 9.98. The lowest BCUT2D eigenvalue weighted by molar-refractivity contribution is 0.206. The first-order chi connectivity index (χ1) is 12.3. The number of benzene rings is 2. The Morgan fingerprint density at radius 1 is 1.04 bits per heavy atom. The van der Waals surface area contributed by atoms with Gasteiger partial charge in [0, 0.05) is 20.1 Å². The van der Waals surface area contributed by atoms with Gasteiger partial charge < -0.3 is 10.2 Å². The molecule has 26 heavy (non-hydrogen) atoms. The lowest BCUT2D eigenvalue weighted by Gasteiger charge is -2.19. The summed E-state index contributed by atoms with van der Waals surface area (Å²) in [4.78, 5) is 13.9. The van der Waals surface area contributed by atoms with Gasteiger partial charge in [-0.1, -0.05) is 48.5 Å². The van der Waals surface area contributed by atoms with Crippen LogP contribution in [0.4, 0.5) is 4.79 Å². The Kier molecular flexibility index (Phi) is 6.76. The maximum Gasteiger partial charge on any atom is 0.317 e. The van der Waals surface area contributed by atoms with Gasteiger partial charge in [-0.15, -0.1) is 0 Å². The number of carbonyl (C=O) groups excluding carboxylic acids is 1. The number of aryl methyl sites for hydroxylation is 1. The Morgan fingerprint density at radius 3 is 2.27 bits per heavy atom. The van der Waals surface area contributed by atoms with Crippen LogP contribution >= 0.6 is 0 Å². The Morgan fingerprint density at radius 2 is 1.65 bits per heavy atom. The highest BCUT2D eigenvalue weighted by Crippen LogP contribution is 2.10. The Balaban J connectivity index is 1.88. The van der Waals surface area contributed by atoms with Crippen LogP contribution in [0.1, 0.15) is 22.3 Å². The van der Waals surface area contributed by atoms with Crippen molar-refractivity contribution in [3.05, 3.63) is 70.8 Å². The molecule has 2 aromatic carbocycles. The van der Waals surface area contributed by atoms with Crippen LogP contribution in [0.5, 0.6) is 0 Å². The predicted octanol–water partition coefficient (Wildman–Crippen LogP) is 2.39. The van der Waals surface area contributed by atoms with Gasteiger partial charge in [-0.25, -0.2) is 17.9 Å². The molecule has 0 atom stereocenters. The fraction of sp³-hybridized carbons (Fsp3) is 0.316. The first-order valence-electron chi connectivity index (χ1n) is 8.33. The minimum Gasteiger partial charge on any atom is -0.334 e. The van der Waals surface area contributed by atoms with E-state index in [-0.39, 0.29) is 11.8 Å². The third-order valence-electron chi connectivity index (χ3n) is 4.15. The van der Waals surface area contributed by atoms with E-state index in [1.165, 1.54) is 7.05 Å². The van der Waals surface area contributed by atoms with Crippen LogP contribution in [0, 0.1) is 6.92 Å². The van der Waals surface area contributed by atoms with E-state index >= 15 is 0 Å². The van der Waals surface area contributed by atoms with E-state index in [2.05, 4.69) is 10.0 Å². The molecule has 2 aromatic rings. The van der Waals surface area contributed by atoms with Crippen molar-refractivity contribution < 1.29 is 13.2 Å². The molecule has 2 N–H and O–H groups in total. The van der Waals surface area contributed by atoms with Crippen molar-refractivity contribution in [2.45, 2.75) is 25.8 Å². The SMILES string of the molecule is CNS(=O)(=O)Cc1ccc(CNC(=O)N(C)Cc2ccccc2C)cc1. The zero-order chi connectivity index (χ0) is 19.2. The molecular weight excluding hydrogens is 350 g/mol. The minimum absolute atomic E-state index is 0.0602. The van der Waals surface area contributed by atoms with Crippen LogP contribution in [0.15, 0.2) is 48.5 Å². The number of hydrogen-bond acceptors (Lipinski definition) is 3. The smallest absolute Gasteiger partial charge is 0.317 e. The topological polar surface area (TPSA) is 78.5 Å². The van der Waals surface area contributed by atoms with Crippen LogP contribution in [0.3, 0.4) is 0 Å². The molecule has 0 bridgehead atoms. The first kappa shape index (κ1) is 19.9. The van der Waals surface area contributed by atoms with Gasteiger partial charge in [0.05, 0.1) is 5.75 Å². The average Bonchev–Trinajstić information content (AvgIpc) is 2.62. The highest BCUT2D eigenvalue weighted by atomic mass is 32.2. The maximum atomic E-state index is 12.3. The van der Waals surface area contributed by atoms with Crippen LogP contribution in [0.2, 0.25) is 0 Å². The summed E-state index contributed by atoms with van der Waals surface area (Å²) in [7, 11) is -0.129. The van der Waals surface area contributed by atoms with Gasteiger partial charge in [0.25, 0.3) is 0 Å². The fourth-order valence-electron chi connectivity index (χ4n) is 2.47. The summed E-state index contributed by atoms with van der Waals surface area (Å²) in [5.41, 5.74) is 3.87. The van der Waals surface area contributed by atoms with Crippen molar-refractivity contribution in [2.24, 2.45) is 0 Å². The number of nitrogens with zero attached hydrogens (tertiary/aromatic N) is 1. The van der Waals surface area contributed by atoms with E-state index in [0.717, 1.165) is 16.7 Å². The molecular formula is C19H25N3O3S. The summed E-state index contributed by atoms with van der Waals surface area (Å²) in [6, 6.07) is 15.0. The molecule has 140 valence electrons. The standard InChI is InChI=1S/C19H25N3O3S/c1-15-6-4-5-7-18(15)13-22(3)19(23)21-12-16-8-10-17(11-9-16)14-26(24,25)20-2/h4-11,20H,12-14H2,1-3H3,(H,21,23). The number of rotatable bonds is 7. The molecule has 0 aromatic heterocycles. The number of nitrogens with one attached hydrogen (secondary N) is 2. The molecule has 0 aliphatic heterocycles. The highest BCUT2D eigenvalue weighted by Gasteiger charge is 2.11. The fourth-order valence-corrected chi connectivity index (χ4v) is 3.25. The van der Waals surface area contributed by atoms with Crippen LogP contribution in [-0.4, -0.2) is 33.4 Å². The largest absolute Gasteiger partial charge is 0.334 e. The van der Waals surface area contributed by atoms with Gasteiger partial charge in [-0.05, 0) is 36.2 Å². The summed E-state index contributed by atoms with van der Waals surface area (Å²) < 4.78 is 25.4. The second kappa shape index (κ2) is 8.82. The van der Waals surface area contributed by atoms with E-state index in [1.807, 2.05) is 43.3 Å². The van der Waals surface area contributed by atoms with Gasteiger partial charge >= 0.3 is 6.03 Å². The predicted molar refractivity (Wildman–Crippen MR) is 103 cm³/mol. The quantitative estimate of drug-likeness (QED) is 0.780. The highest BCUT2D eigenvalue weighted by molar-refractivity contribution is 7.88. The summed E-state index contributed by atoms with van der Waals surface area (Å²) >= 11 is 0.